The summed E-state index contributed by atoms with van der Waals surface area (Å²) in [6.07, 6.45) is 5.31. The van der Waals surface area contributed by atoms with Gasteiger partial charge in [-0.25, -0.2) is 4.98 Å². The van der Waals surface area contributed by atoms with Gasteiger partial charge < -0.3 is 22.0 Å². The third-order valence-corrected chi connectivity index (χ3v) is 4.43. The molecule has 18 heavy (non-hydrogen) atoms. The summed E-state index contributed by atoms with van der Waals surface area (Å²) >= 11 is 5.86. The predicted molar refractivity (Wildman–Crippen MR) is 66.6 cm³/mol. The lowest BCUT2D eigenvalue weighted by molar-refractivity contribution is -0.923. The van der Waals surface area contributed by atoms with Gasteiger partial charge in [0, 0.05) is 31.7 Å². The van der Waals surface area contributed by atoms with Crippen LogP contribution >= 0.6 is 11.6 Å². The van der Waals surface area contributed by atoms with Crippen LogP contribution in [0.1, 0.15) is 25.7 Å². The summed E-state index contributed by atoms with van der Waals surface area (Å²) in [5.41, 5.74) is 0. The Balaban J connectivity index is 0.00000120. The molecule has 0 aromatic carbocycles. The summed E-state index contributed by atoms with van der Waals surface area (Å²) in [7, 11) is 2.32. The van der Waals surface area contributed by atoms with E-state index >= 15 is 0 Å². The molecule has 3 heterocycles. The number of hydrogen-bond donors (Lipinski definition) is 1. The molecule has 1 aromatic heterocycles. The van der Waals surface area contributed by atoms with Gasteiger partial charge in [-0.3, -0.25) is 0 Å². The monoisotopic (exact) mass is 288 g/mol. The van der Waals surface area contributed by atoms with E-state index in [9.17, 15) is 0 Å². The van der Waals surface area contributed by atoms with Gasteiger partial charge >= 0.3 is 0 Å². The first-order chi connectivity index (χ1) is 8.22. The maximum Gasteiger partial charge on any atom is 0.214 e. The van der Waals surface area contributed by atoms with Gasteiger partial charge in [0.15, 0.2) is 0 Å². The molecule has 0 radical (unpaired) electrons. The molecule has 0 spiro atoms. The second-order valence-electron chi connectivity index (χ2n) is 5.23. The van der Waals surface area contributed by atoms with Crippen molar-refractivity contribution >= 4 is 11.6 Å². The highest BCUT2D eigenvalue weighted by atomic mass is 35.5. The zero-order valence-corrected chi connectivity index (χ0v) is 11.9. The quantitative estimate of drug-likeness (QED) is 0.659. The smallest absolute Gasteiger partial charge is 0.214 e. The summed E-state index contributed by atoms with van der Waals surface area (Å²) in [6, 6.07) is 7.10. The number of nitrogens with zero attached hydrogens (tertiary/aromatic N) is 1. The molecule has 2 aliphatic heterocycles. The molecule has 2 saturated heterocycles. The first kappa shape index (κ1) is 13.9. The zero-order valence-electron chi connectivity index (χ0n) is 10.4. The highest BCUT2D eigenvalue weighted by molar-refractivity contribution is 6.29. The van der Waals surface area contributed by atoms with Crippen LogP contribution in [0.3, 0.4) is 0 Å². The Bertz CT molecular complexity index is 402. The van der Waals surface area contributed by atoms with E-state index in [-0.39, 0.29) is 12.4 Å². The van der Waals surface area contributed by atoms with Crippen molar-refractivity contribution in [3.05, 3.63) is 23.4 Å². The van der Waals surface area contributed by atoms with Crippen LogP contribution in [-0.2, 0) is 0 Å². The van der Waals surface area contributed by atoms with Gasteiger partial charge in [-0.15, -0.1) is 0 Å². The van der Waals surface area contributed by atoms with Crippen LogP contribution in [0.5, 0.6) is 5.88 Å². The SMILES string of the molecule is C[NH+]1C2CCC1CC(Oc1cccc(Cl)n1)C2.[Cl-]. The number of rotatable bonds is 2. The number of piperidine rings is 1. The van der Waals surface area contributed by atoms with Gasteiger partial charge in [0.25, 0.3) is 0 Å². The number of aromatic nitrogens is 1. The average Bonchev–Trinajstić information content (AvgIpc) is 2.52. The number of nitrogens with one attached hydrogen (secondary N) is 1. The summed E-state index contributed by atoms with van der Waals surface area (Å²) in [6.45, 7) is 0. The topological polar surface area (TPSA) is 26.6 Å². The predicted octanol–water partition coefficient (Wildman–Crippen LogP) is -1.67. The van der Waals surface area contributed by atoms with Crippen molar-refractivity contribution < 1.29 is 22.0 Å². The van der Waals surface area contributed by atoms with E-state index in [1.807, 2.05) is 12.1 Å². The molecule has 3 nitrogen and oxygen atoms in total. The van der Waals surface area contributed by atoms with E-state index in [1.54, 1.807) is 11.0 Å². The van der Waals surface area contributed by atoms with Gasteiger partial charge in [-0.1, -0.05) is 17.7 Å². The molecule has 2 unspecified atom stereocenters. The van der Waals surface area contributed by atoms with E-state index in [2.05, 4.69) is 12.0 Å². The second-order valence-corrected chi connectivity index (χ2v) is 5.61. The van der Waals surface area contributed by atoms with Crippen molar-refractivity contribution in [3.63, 3.8) is 0 Å². The number of pyridine rings is 1. The molecular formula is C13H18Cl2N2O. The number of halogens is 2. The Hall–Kier alpha value is -0.510. The minimum atomic E-state index is 0. The van der Waals surface area contributed by atoms with Gasteiger partial charge in [-0.05, 0) is 6.07 Å². The summed E-state index contributed by atoms with van der Waals surface area (Å²) in [4.78, 5) is 5.89. The Morgan fingerprint density at radius 1 is 1.28 bits per heavy atom. The van der Waals surface area contributed by atoms with Crippen LogP contribution in [0, 0.1) is 0 Å². The molecule has 0 saturated carbocycles. The fourth-order valence-electron chi connectivity index (χ4n) is 3.25. The third kappa shape index (κ3) is 2.73. The molecule has 1 aromatic rings. The van der Waals surface area contributed by atoms with E-state index < -0.39 is 0 Å². The van der Waals surface area contributed by atoms with Crippen molar-refractivity contribution in [3.8, 4) is 5.88 Å². The van der Waals surface area contributed by atoms with E-state index in [4.69, 9.17) is 16.3 Å². The second kappa shape index (κ2) is 5.64. The molecule has 3 rings (SSSR count). The van der Waals surface area contributed by atoms with Crippen molar-refractivity contribution in [2.45, 2.75) is 43.9 Å². The normalized spacial score (nSPS) is 33.9. The number of quaternary nitrogens is 1. The molecule has 5 heteroatoms. The lowest BCUT2D eigenvalue weighted by Gasteiger charge is -2.33. The van der Waals surface area contributed by atoms with Crippen molar-refractivity contribution in [1.29, 1.82) is 0 Å². The van der Waals surface area contributed by atoms with E-state index in [0.29, 0.717) is 17.1 Å². The van der Waals surface area contributed by atoms with Crippen LogP contribution in [0.4, 0.5) is 0 Å². The number of hydrogen-bond acceptors (Lipinski definition) is 2. The summed E-state index contributed by atoms with van der Waals surface area (Å²) in [5.74, 6) is 0.668. The van der Waals surface area contributed by atoms with Crippen molar-refractivity contribution in [2.24, 2.45) is 0 Å². The van der Waals surface area contributed by atoms with Gasteiger partial charge in [0.1, 0.15) is 11.3 Å². The van der Waals surface area contributed by atoms with Gasteiger partial charge in [0.2, 0.25) is 5.88 Å². The molecule has 0 aliphatic carbocycles. The first-order valence-corrected chi connectivity index (χ1v) is 6.72. The summed E-state index contributed by atoms with van der Waals surface area (Å²) in [5, 5.41) is 0.504. The van der Waals surface area contributed by atoms with Crippen molar-refractivity contribution in [2.75, 3.05) is 7.05 Å². The molecular weight excluding hydrogens is 271 g/mol. The molecule has 1 N–H and O–H groups in total. The summed E-state index contributed by atoms with van der Waals surface area (Å²) < 4.78 is 5.96. The molecule has 2 atom stereocenters. The van der Waals surface area contributed by atoms with Crippen LogP contribution in [0.2, 0.25) is 5.15 Å². The Kier molecular flexibility index (Phi) is 4.36. The minimum Gasteiger partial charge on any atom is -1.00 e. The Labute approximate surface area is 119 Å². The number of fused-ring (bicyclic) bond motifs is 2. The maximum atomic E-state index is 5.96. The van der Waals surface area contributed by atoms with Crippen LogP contribution in [0.15, 0.2) is 18.2 Å². The average molecular weight is 289 g/mol. The minimum absolute atomic E-state index is 0. The molecule has 0 amide bonds. The Morgan fingerprint density at radius 2 is 1.94 bits per heavy atom. The standard InChI is InChI=1S/C13H17ClN2O.ClH/c1-16-9-5-6-10(16)8-11(7-9)17-13-4-2-3-12(14)15-13;/h2-4,9-11H,5-8H2,1H3;1H. The first-order valence-electron chi connectivity index (χ1n) is 6.35. The van der Waals surface area contributed by atoms with Crippen LogP contribution < -0.4 is 22.0 Å². The largest absolute Gasteiger partial charge is 1.00 e. The van der Waals surface area contributed by atoms with Crippen LogP contribution in [0.25, 0.3) is 0 Å². The fraction of sp³-hybridized carbons (Fsp3) is 0.615. The third-order valence-electron chi connectivity index (χ3n) is 4.22. The van der Waals surface area contributed by atoms with Gasteiger partial charge in [0.05, 0.1) is 19.1 Å². The molecule has 100 valence electrons. The van der Waals surface area contributed by atoms with Gasteiger partial charge in [-0.2, -0.15) is 0 Å². The number of ether oxygens (including phenoxy) is 1. The zero-order chi connectivity index (χ0) is 11.8. The van der Waals surface area contributed by atoms with Crippen molar-refractivity contribution in [1.82, 2.24) is 4.98 Å². The lowest BCUT2D eigenvalue weighted by Crippen LogP contribution is -3.15. The highest BCUT2D eigenvalue weighted by Crippen LogP contribution is 2.25. The van der Waals surface area contributed by atoms with E-state index in [1.165, 1.54) is 12.8 Å². The van der Waals surface area contributed by atoms with E-state index in [0.717, 1.165) is 24.9 Å². The fourth-order valence-corrected chi connectivity index (χ4v) is 3.41. The lowest BCUT2D eigenvalue weighted by atomic mass is 10.0. The highest BCUT2D eigenvalue weighted by Gasteiger charge is 2.43. The van der Waals surface area contributed by atoms with Crippen LogP contribution in [-0.4, -0.2) is 30.2 Å². The molecule has 2 aliphatic rings. The molecule has 2 fully saturated rings. The Morgan fingerprint density at radius 3 is 2.56 bits per heavy atom. The maximum absolute atomic E-state index is 5.96. The molecule has 2 bridgehead atoms.